The largest absolute Gasteiger partial charge is 0.383 e. The third kappa shape index (κ3) is 4.17. The number of carbonyl (C=O) groups is 1. The number of pyridine rings is 1. The van der Waals surface area contributed by atoms with Gasteiger partial charge in [0.25, 0.3) is 5.91 Å². The molecule has 0 saturated carbocycles. The molecule has 0 aliphatic carbocycles. The van der Waals surface area contributed by atoms with E-state index in [9.17, 15) is 4.79 Å². The molecule has 2 heterocycles. The topological polar surface area (TPSA) is 60.2 Å². The summed E-state index contributed by atoms with van der Waals surface area (Å²) in [5.74, 6) is -0.0327. The van der Waals surface area contributed by atoms with Crippen LogP contribution in [0.2, 0.25) is 0 Å². The van der Waals surface area contributed by atoms with Crippen LogP contribution >= 0.6 is 0 Å². The average Bonchev–Trinajstić information content (AvgIpc) is 3.08. The Labute approximate surface area is 159 Å². The number of amides is 1. The molecule has 0 atom stereocenters. The second kappa shape index (κ2) is 8.31. The Bertz CT molecular complexity index is 919. The van der Waals surface area contributed by atoms with Gasteiger partial charge in [-0.2, -0.15) is 5.10 Å². The Morgan fingerprint density at radius 2 is 2.00 bits per heavy atom. The Morgan fingerprint density at radius 1 is 1.26 bits per heavy atom. The van der Waals surface area contributed by atoms with Crippen molar-refractivity contribution in [1.82, 2.24) is 19.7 Å². The lowest BCUT2D eigenvalue weighted by Gasteiger charge is -2.23. The highest BCUT2D eigenvalue weighted by Crippen LogP contribution is 2.23. The van der Waals surface area contributed by atoms with Gasteiger partial charge < -0.3 is 9.64 Å². The van der Waals surface area contributed by atoms with E-state index in [0.717, 1.165) is 22.3 Å². The van der Waals surface area contributed by atoms with Crippen LogP contribution in [0.25, 0.3) is 11.0 Å². The van der Waals surface area contributed by atoms with Crippen LogP contribution in [-0.2, 0) is 11.3 Å². The Kier molecular flexibility index (Phi) is 5.86. The monoisotopic (exact) mass is 366 g/mol. The van der Waals surface area contributed by atoms with Crippen molar-refractivity contribution in [1.29, 1.82) is 0 Å². The molecule has 2 aromatic heterocycles. The van der Waals surface area contributed by atoms with Crippen molar-refractivity contribution >= 4 is 16.9 Å². The molecule has 0 spiro atoms. The van der Waals surface area contributed by atoms with Crippen LogP contribution in [0.15, 0.2) is 42.6 Å². The lowest BCUT2D eigenvalue weighted by Crippen LogP contribution is -2.33. The van der Waals surface area contributed by atoms with Crippen molar-refractivity contribution in [3.63, 3.8) is 0 Å². The van der Waals surface area contributed by atoms with Crippen LogP contribution in [-0.4, -0.2) is 45.8 Å². The summed E-state index contributed by atoms with van der Waals surface area (Å²) < 4.78 is 7.08. The molecule has 0 aliphatic rings. The fraction of sp³-hybridized carbons (Fsp3) is 0.381. The second-order valence-electron chi connectivity index (χ2n) is 6.94. The summed E-state index contributed by atoms with van der Waals surface area (Å²) in [6.45, 7) is 7.55. The molecule has 0 bridgehead atoms. The molecule has 0 fully saturated rings. The van der Waals surface area contributed by atoms with Crippen molar-refractivity contribution in [2.75, 3.05) is 20.3 Å². The molecule has 0 saturated heterocycles. The molecule has 0 radical (unpaired) electrons. The van der Waals surface area contributed by atoms with Gasteiger partial charge in [-0.1, -0.05) is 30.3 Å². The van der Waals surface area contributed by atoms with E-state index in [1.54, 1.807) is 13.3 Å². The number of rotatable bonds is 7. The van der Waals surface area contributed by atoms with Gasteiger partial charge in [-0.3, -0.25) is 4.79 Å². The quantitative estimate of drug-likeness (QED) is 0.641. The molecule has 0 N–H and O–H groups in total. The number of ether oxygens (including phenoxy) is 1. The minimum atomic E-state index is -0.0327. The standard InChI is InChI=1S/C21H26N4O2/c1-15(2)25-20-19(13-22-25)18(12-16(3)23-20)21(26)24(10-11-27-4)14-17-8-6-5-7-9-17/h5-9,12-13,15H,10-11,14H2,1-4H3. The Morgan fingerprint density at radius 3 is 2.67 bits per heavy atom. The van der Waals surface area contributed by atoms with E-state index in [-0.39, 0.29) is 11.9 Å². The fourth-order valence-corrected chi connectivity index (χ4v) is 3.13. The van der Waals surface area contributed by atoms with Crippen molar-refractivity contribution in [2.24, 2.45) is 0 Å². The molecule has 0 aliphatic heterocycles. The van der Waals surface area contributed by atoms with Crippen LogP contribution in [0.4, 0.5) is 0 Å². The highest BCUT2D eigenvalue weighted by Gasteiger charge is 2.21. The third-order valence-corrected chi connectivity index (χ3v) is 4.48. The number of nitrogens with zero attached hydrogens (tertiary/aromatic N) is 4. The predicted molar refractivity (Wildman–Crippen MR) is 106 cm³/mol. The zero-order chi connectivity index (χ0) is 19.4. The molecular weight excluding hydrogens is 340 g/mol. The number of methoxy groups -OCH3 is 1. The minimum absolute atomic E-state index is 0.0327. The summed E-state index contributed by atoms with van der Waals surface area (Å²) >= 11 is 0. The number of benzene rings is 1. The molecule has 142 valence electrons. The highest BCUT2D eigenvalue weighted by atomic mass is 16.5. The maximum atomic E-state index is 13.4. The molecule has 0 unspecified atom stereocenters. The summed E-state index contributed by atoms with van der Waals surface area (Å²) in [6, 6.07) is 12.0. The Balaban J connectivity index is 2.00. The first-order valence-electron chi connectivity index (χ1n) is 9.18. The van der Waals surface area contributed by atoms with Gasteiger partial charge in [0.2, 0.25) is 0 Å². The zero-order valence-corrected chi connectivity index (χ0v) is 16.3. The van der Waals surface area contributed by atoms with Crippen molar-refractivity contribution in [3.05, 3.63) is 59.4 Å². The van der Waals surface area contributed by atoms with Crippen LogP contribution < -0.4 is 0 Å². The van der Waals surface area contributed by atoms with Gasteiger partial charge in [-0.25, -0.2) is 9.67 Å². The minimum Gasteiger partial charge on any atom is -0.383 e. The fourth-order valence-electron chi connectivity index (χ4n) is 3.13. The summed E-state index contributed by atoms with van der Waals surface area (Å²) in [6.07, 6.45) is 1.74. The Hall–Kier alpha value is -2.73. The van der Waals surface area contributed by atoms with E-state index >= 15 is 0 Å². The van der Waals surface area contributed by atoms with E-state index < -0.39 is 0 Å². The number of hydrogen-bond acceptors (Lipinski definition) is 4. The summed E-state index contributed by atoms with van der Waals surface area (Å²) in [4.78, 5) is 19.8. The first-order chi connectivity index (χ1) is 13.0. The summed E-state index contributed by atoms with van der Waals surface area (Å²) in [7, 11) is 1.65. The van der Waals surface area contributed by atoms with Gasteiger partial charge in [0.15, 0.2) is 5.65 Å². The van der Waals surface area contributed by atoms with Crippen molar-refractivity contribution in [3.8, 4) is 0 Å². The van der Waals surface area contributed by atoms with Gasteiger partial charge in [0.1, 0.15) is 0 Å². The summed E-state index contributed by atoms with van der Waals surface area (Å²) in [5.41, 5.74) is 3.28. The number of carbonyl (C=O) groups excluding carboxylic acids is 1. The number of hydrogen-bond donors (Lipinski definition) is 0. The van der Waals surface area contributed by atoms with Crippen LogP contribution in [0.1, 0.15) is 41.5 Å². The van der Waals surface area contributed by atoms with Crippen LogP contribution in [0.5, 0.6) is 0 Å². The van der Waals surface area contributed by atoms with Crippen LogP contribution in [0, 0.1) is 6.92 Å². The normalized spacial score (nSPS) is 11.3. The first-order valence-corrected chi connectivity index (χ1v) is 9.18. The van der Waals surface area contributed by atoms with E-state index in [1.807, 2.05) is 52.9 Å². The molecule has 1 aromatic carbocycles. The summed E-state index contributed by atoms with van der Waals surface area (Å²) in [5, 5.41) is 5.23. The van der Waals surface area contributed by atoms with Crippen molar-refractivity contribution in [2.45, 2.75) is 33.4 Å². The van der Waals surface area contributed by atoms with Gasteiger partial charge in [0.05, 0.1) is 23.8 Å². The molecule has 6 heteroatoms. The molecule has 27 heavy (non-hydrogen) atoms. The zero-order valence-electron chi connectivity index (χ0n) is 16.3. The number of fused-ring (bicyclic) bond motifs is 1. The van der Waals surface area contributed by atoms with E-state index in [2.05, 4.69) is 23.9 Å². The molecule has 6 nitrogen and oxygen atoms in total. The van der Waals surface area contributed by atoms with Gasteiger partial charge in [-0.15, -0.1) is 0 Å². The van der Waals surface area contributed by atoms with Gasteiger partial charge in [-0.05, 0) is 32.4 Å². The first kappa shape index (κ1) is 19.0. The SMILES string of the molecule is COCCN(Cc1ccccc1)C(=O)c1cc(C)nc2c1cnn2C(C)C. The molecular formula is C21H26N4O2. The molecule has 3 rings (SSSR count). The molecule has 1 amide bonds. The lowest BCUT2D eigenvalue weighted by atomic mass is 10.1. The maximum absolute atomic E-state index is 13.4. The van der Waals surface area contributed by atoms with Gasteiger partial charge in [0, 0.05) is 31.9 Å². The van der Waals surface area contributed by atoms with E-state index in [4.69, 9.17) is 4.74 Å². The smallest absolute Gasteiger partial charge is 0.255 e. The number of aromatic nitrogens is 3. The molecule has 3 aromatic rings. The lowest BCUT2D eigenvalue weighted by molar-refractivity contribution is 0.0682. The van der Waals surface area contributed by atoms with Crippen molar-refractivity contribution < 1.29 is 9.53 Å². The van der Waals surface area contributed by atoms with E-state index in [0.29, 0.717) is 25.3 Å². The highest BCUT2D eigenvalue weighted by molar-refractivity contribution is 6.05. The van der Waals surface area contributed by atoms with Gasteiger partial charge >= 0.3 is 0 Å². The van der Waals surface area contributed by atoms with E-state index in [1.165, 1.54) is 0 Å². The average molecular weight is 366 g/mol. The maximum Gasteiger partial charge on any atom is 0.255 e. The number of aryl methyl sites for hydroxylation is 1. The van der Waals surface area contributed by atoms with Crippen LogP contribution in [0.3, 0.4) is 0 Å². The predicted octanol–water partition coefficient (Wildman–Crippen LogP) is 3.61. The second-order valence-corrected chi connectivity index (χ2v) is 6.94. The third-order valence-electron chi connectivity index (χ3n) is 4.48.